The van der Waals surface area contributed by atoms with E-state index >= 15 is 0 Å². The molecule has 1 saturated heterocycles. The third-order valence-corrected chi connectivity index (χ3v) is 9.43. The minimum Gasteiger partial charge on any atom is -0.339 e. The van der Waals surface area contributed by atoms with Crippen molar-refractivity contribution in [3.8, 4) is 5.00 Å². The number of amides is 3. The first-order valence-corrected chi connectivity index (χ1v) is 16.1. The van der Waals surface area contributed by atoms with Gasteiger partial charge in [-0.1, -0.05) is 23.7 Å². The molecule has 3 aromatic heterocycles. The van der Waals surface area contributed by atoms with Crippen LogP contribution in [0.2, 0.25) is 5.02 Å². The lowest BCUT2D eigenvalue weighted by Gasteiger charge is -2.33. The predicted octanol–water partition coefficient (Wildman–Crippen LogP) is 3.83. The number of nitrogens with one attached hydrogen (secondary N) is 1. The Morgan fingerprint density at radius 3 is 2.32 bits per heavy atom. The number of hydrogen-bond donors (Lipinski definition) is 1. The average Bonchev–Trinajstić information content (AvgIpc) is 3.50. The molecule has 47 heavy (non-hydrogen) atoms. The van der Waals surface area contributed by atoms with Gasteiger partial charge in [-0.3, -0.25) is 28.7 Å². The number of carbonyl (C=O) groups is 3. The van der Waals surface area contributed by atoms with E-state index in [1.54, 1.807) is 40.4 Å². The van der Waals surface area contributed by atoms with E-state index in [1.165, 1.54) is 39.6 Å². The fourth-order valence-corrected chi connectivity index (χ4v) is 6.60. The molecule has 3 amide bonds. The largest absolute Gasteiger partial charge is 0.339 e. The number of nitrogens with zero attached hydrogens (tertiary/aromatic N) is 7. The Morgan fingerprint density at radius 2 is 1.64 bits per heavy atom. The molecule has 244 valence electrons. The topological polar surface area (TPSA) is 135 Å². The molecule has 14 heteroatoms. The molecule has 6 rings (SSSR count). The van der Waals surface area contributed by atoms with Gasteiger partial charge in [0, 0.05) is 79.5 Å². The SMILES string of the molecule is CC(=O)N1CCN(C(=O)/C=C/C(=O)Nc2cccn(C)c2=O)CC1.Cc1sc2c(c1C)C(c1ccc(Cl)cc1)=NCc1nnc(C)n1-2. The van der Waals surface area contributed by atoms with Crippen molar-refractivity contribution < 1.29 is 14.4 Å². The van der Waals surface area contributed by atoms with Crippen LogP contribution in [0, 0.1) is 20.8 Å². The van der Waals surface area contributed by atoms with E-state index in [0.717, 1.165) is 39.0 Å². The molecule has 0 unspecified atom stereocenters. The van der Waals surface area contributed by atoms with E-state index in [-0.39, 0.29) is 23.1 Å². The molecule has 2 aliphatic heterocycles. The van der Waals surface area contributed by atoms with Crippen LogP contribution < -0.4 is 10.9 Å². The number of aromatic nitrogens is 4. The fourth-order valence-electron chi connectivity index (χ4n) is 5.25. The molecular formula is C33H35ClN8O4S. The van der Waals surface area contributed by atoms with Crippen LogP contribution >= 0.6 is 22.9 Å². The number of aryl methyl sites for hydroxylation is 3. The molecule has 0 spiro atoms. The Balaban J connectivity index is 0.000000184. The molecule has 0 atom stereocenters. The minimum atomic E-state index is -0.547. The summed E-state index contributed by atoms with van der Waals surface area (Å²) in [5.74, 6) is 0.925. The Bertz CT molecular complexity index is 1950. The summed E-state index contributed by atoms with van der Waals surface area (Å²) in [6.45, 7) is 10.1. The Labute approximate surface area is 281 Å². The maximum atomic E-state index is 12.0. The van der Waals surface area contributed by atoms with Crippen LogP contribution in [0.25, 0.3) is 5.00 Å². The van der Waals surface area contributed by atoms with Gasteiger partial charge in [-0.05, 0) is 50.6 Å². The number of carbonyl (C=O) groups excluding carboxylic acids is 3. The highest BCUT2D eigenvalue weighted by molar-refractivity contribution is 7.15. The normalized spacial score (nSPS) is 14.0. The molecule has 4 aromatic rings. The molecule has 0 bridgehead atoms. The first kappa shape index (κ1) is 33.5. The molecule has 1 N–H and O–H groups in total. The van der Waals surface area contributed by atoms with Crippen LogP contribution in [0.3, 0.4) is 0 Å². The zero-order valence-electron chi connectivity index (χ0n) is 26.8. The molecule has 0 radical (unpaired) electrons. The standard InChI is InChI=1S/C17H15ClN4S.C16H20N4O4/c1-9-10(2)23-17-15(9)16(12-4-6-13(18)7-5-12)19-8-14-21-20-11(3)22(14)17;1-12(21)19-8-10-20(11-9-19)15(23)6-5-14(22)17-13-4-3-7-18(2)16(13)24/h4-7H,8H2,1-3H3;3-7H,8-11H2,1-2H3,(H,17,22)/b;6-5+. The zero-order chi connectivity index (χ0) is 33.8. The quantitative estimate of drug-likeness (QED) is 0.327. The lowest BCUT2D eigenvalue weighted by atomic mass is 10.00. The summed E-state index contributed by atoms with van der Waals surface area (Å²) in [6.07, 6.45) is 3.86. The fraction of sp³-hybridized carbons (Fsp3) is 0.303. The average molecular weight is 675 g/mol. The summed E-state index contributed by atoms with van der Waals surface area (Å²) < 4.78 is 3.48. The molecule has 0 aliphatic carbocycles. The molecule has 1 aromatic carbocycles. The van der Waals surface area contributed by atoms with Gasteiger partial charge in [0.2, 0.25) is 17.7 Å². The second kappa shape index (κ2) is 14.3. The summed E-state index contributed by atoms with van der Waals surface area (Å²) in [5, 5.41) is 12.8. The Kier molecular flexibility index (Phi) is 10.2. The van der Waals surface area contributed by atoms with Crippen LogP contribution in [-0.2, 0) is 28.0 Å². The monoisotopic (exact) mass is 674 g/mol. The molecule has 5 heterocycles. The number of piperazine rings is 1. The van der Waals surface area contributed by atoms with E-state index < -0.39 is 5.91 Å². The highest BCUT2D eigenvalue weighted by Gasteiger charge is 2.26. The first-order chi connectivity index (χ1) is 22.4. The third kappa shape index (κ3) is 7.42. The molecule has 0 saturated carbocycles. The predicted molar refractivity (Wildman–Crippen MR) is 183 cm³/mol. The number of hydrogen-bond acceptors (Lipinski definition) is 8. The molecule has 12 nitrogen and oxygen atoms in total. The maximum Gasteiger partial charge on any atom is 0.274 e. The molecule has 1 fully saturated rings. The van der Waals surface area contributed by atoms with Crippen molar-refractivity contribution in [1.82, 2.24) is 29.1 Å². The van der Waals surface area contributed by atoms with Crippen LogP contribution in [0.1, 0.15) is 40.1 Å². The number of anilines is 1. The summed E-state index contributed by atoms with van der Waals surface area (Å²) in [4.78, 5) is 56.3. The second-order valence-electron chi connectivity index (χ2n) is 11.1. The number of benzene rings is 1. The maximum absolute atomic E-state index is 12.0. The number of thiophene rings is 1. The summed E-state index contributed by atoms with van der Waals surface area (Å²) in [5.41, 5.74) is 4.34. The van der Waals surface area contributed by atoms with Crippen LogP contribution in [0.4, 0.5) is 5.69 Å². The van der Waals surface area contributed by atoms with Crippen molar-refractivity contribution in [2.45, 2.75) is 34.2 Å². The van der Waals surface area contributed by atoms with Gasteiger partial charge < -0.3 is 19.7 Å². The highest BCUT2D eigenvalue weighted by Crippen LogP contribution is 2.36. The third-order valence-electron chi connectivity index (χ3n) is 7.99. The Hall–Kier alpha value is -4.88. The minimum absolute atomic E-state index is 0.0125. The molecular weight excluding hydrogens is 640 g/mol. The van der Waals surface area contributed by atoms with Gasteiger partial charge in [-0.2, -0.15) is 0 Å². The van der Waals surface area contributed by atoms with E-state index in [1.807, 2.05) is 31.2 Å². The summed E-state index contributed by atoms with van der Waals surface area (Å²) in [7, 11) is 1.58. The number of halogens is 1. The lowest BCUT2D eigenvalue weighted by Crippen LogP contribution is -2.49. The highest BCUT2D eigenvalue weighted by atomic mass is 35.5. The first-order valence-electron chi connectivity index (χ1n) is 15.0. The number of rotatable bonds is 4. The van der Waals surface area contributed by atoms with Gasteiger partial charge in [0.15, 0.2) is 5.82 Å². The number of fused-ring (bicyclic) bond motifs is 3. The van der Waals surface area contributed by atoms with Gasteiger partial charge in [-0.25, -0.2) is 0 Å². The van der Waals surface area contributed by atoms with E-state index in [2.05, 4.69) is 33.9 Å². The summed E-state index contributed by atoms with van der Waals surface area (Å²) >= 11 is 7.80. The van der Waals surface area contributed by atoms with Crippen molar-refractivity contribution in [1.29, 1.82) is 0 Å². The van der Waals surface area contributed by atoms with Crippen molar-refractivity contribution in [3.05, 3.63) is 103 Å². The van der Waals surface area contributed by atoms with Crippen molar-refractivity contribution >= 4 is 52.1 Å². The smallest absolute Gasteiger partial charge is 0.274 e. The van der Waals surface area contributed by atoms with E-state index in [9.17, 15) is 19.2 Å². The number of aliphatic imine (C=N–C) groups is 1. The van der Waals surface area contributed by atoms with Gasteiger partial charge in [0.25, 0.3) is 5.56 Å². The van der Waals surface area contributed by atoms with E-state index in [0.29, 0.717) is 32.7 Å². The van der Waals surface area contributed by atoms with Crippen LogP contribution in [-0.4, -0.2) is 78.7 Å². The van der Waals surface area contributed by atoms with Crippen LogP contribution in [0.15, 0.2) is 64.5 Å². The summed E-state index contributed by atoms with van der Waals surface area (Å²) in [6, 6.07) is 11.0. The van der Waals surface area contributed by atoms with Gasteiger partial charge >= 0.3 is 0 Å². The van der Waals surface area contributed by atoms with Gasteiger partial charge in [0.1, 0.15) is 23.1 Å². The van der Waals surface area contributed by atoms with E-state index in [4.69, 9.17) is 16.6 Å². The molecule has 2 aliphatic rings. The second-order valence-corrected chi connectivity index (χ2v) is 12.8. The van der Waals surface area contributed by atoms with Crippen molar-refractivity contribution in [2.75, 3.05) is 31.5 Å². The number of pyridine rings is 1. The van der Waals surface area contributed by atoms with Gasteiger partial charge in [0.05, 0.1) is 5.71 Å². The Morgan fingerprint density at radius 1 is 0.957 bits per heavy atom. The van der Waals surface area contributed by atoms with Crippen LogP contribution in [0.5, 0.6) is 0 Å². The van der Waals surface area contributed by atoms with Crippen molar-refractivity contribution in [3.63, 3.8) is 0 Å². The van der Waals surface area contributed by atoms with Gasteiger partial charge in [-0.15, -0.1) is 21.5 Å². The van der Waals surface area contributed by atoms with Crippen molar-refractivity contribution in [2.24, 2.45) is 12.0 Å². The lowest BCUT2D eigenvalue weighted by molar-refractivity contribution is -0.135. The zero-order valence-corrected chi connectivity index (χ0v) is 28.4.